The van der Waals surface area contributed by atoms with Crippen molar-refractivity contribution in [3.63, 3.8) is 0 Å². The summed E-state index contributed by atoms with van der Waals surface area (Å²) >= 11 is 12.8. The number of benzene rings is 3. The third kappa shape index (κ3) is 5.40. The number of halogens is 1. The first-order chi connectivity index (χ1) is 17.3. The lowest BCUT2D eigenvalue weighted by atomic mass is 10.1. The maximum Gasteiger partial charge on any atom is 0.343 e. The first-order valence-corrected chi connectivity index (χ1v) is 12.1. The van der Waals surface area contributed by atoms with E-state index < -0.39 is 10.9 Å². The monoisotopic (exact) mass is 540 g/mol. The van der Waals surface area contributed by atoms with Crippen LogP contribution in [-0.2, 0) is 4.79 Å². The lowest BCUT2D eigenvalue weighted by Crippen LogP contribution is -2.27. The van der Waals surface area contributed by atoms with Crippen LogP contribution in [0.15, 0.2) is 71.6 Å². The van der Waals surface area contributed by atoms with Crippen molar-refractivity contribution >= 4 is 69.2 Å². The van der Waals surface area contributed by atoms with Crippen molar-refractivity contribution in [2.24, 2.45) is 0 Å². The average Bonchev–Trinajstić information content (AvgIpc) is 3.13. The number of ether oxygens (including phenoxy) is 2. The van der Waals surface area contributed by atoms with E-state index in [2.05, 4.69) is 0 Å². The molecule has 0 radical (unpaired) electrons. The number of nitrogens with zero attached hydrogens (tertiary/aromatic N) is 2. The number of carbonyl (C=O) groups is 2. The Hall–Kier alpha value is -3.73. The van der Waals surface area contributed by atoms with Crippen LogP contribution < -0.4 is 14.4 Å². The zero-order chi connectivity index (χ0) is 25.8. The molecule has 3 aromatic carbocycles. The topological polar surface area (TPSA) is 99.0 Å². The highest BCUT2D eigenvalue weighted by atomic mass is 35.5. The summed E-state index contributed by atoms with van der Waals surface area (Å²) in [6.45, 7) is 2.06. The molecule has 182 valence electrons. The summed E-state index contributed by atoms with van der Waals surface area (Å²) in [7, 11) is 0. The summed E-state index contributed by atoms with van der Waals surface area (Å²) in [4.78, 5) is 37.8. The molecule has 0 unspecified atom stereocenters. The Morgan fingerprint density at radius 1 is 1.14 bits per heavy atom. The van der Waals surface area contributed by atoms with Crippen LogP contribution in [0, 0.1) is 10.1 Å². The first kappa shape index (κ1) is 25.4. The van der Waals surface area contributed by atoms with E-state index in [0.29, 0.717) is 32.1 Å². The van der Waals surface area contributed by atoms with Gasteiger partial charge in [0.2, 0.25) is 0 Å². The summed E-state index contributed by atoms with van der Waals surface area (Å²) < 4.78 is 11.4. The summed E-state index contributed by atoms with van der Waals surface area (Å²) in [5.74, 6) is -0.675. The molecule has 36 heavy (non-hydrogen) atoms. The second-order valence-electron chi connectivity index (χ2n) is 7.30. The molecule has 1 aliphatic heterocycles. The standard InChI is InChI=1S/C25H17ClN2O6S2/c1-2-33-21-12-15(10-11-20(21)34-24(30)16-6-5-7-17(14-16)28(31)32)13-22-23(29)27(25(35)36-22)19-9-4-3-8-18(19)26/h3-14H,2H2,1H3/b22-13-. The molecular formula is C25H17ClN2O6S2. The van der Waals surface area contributed by atoms with Gasteiger partial charge in [0, 0.05) is 12.1 Å². The average molecular weight is 541 g/mol. The molecule has 0 aliphatic carbocycles. The van der Waals surface area contributed by atoms with Crippen LogP contribution in [0.4, 0.5) is 11.4 Å². The Balaban J connectivity index is 1.59. The van der Waals surface area contributed by atoms with Gasteiger partial charge >= 0.3 is 5.97 Å². The van der Waals surface area contributed by atoms with Gasteiger partial charge in [-0.2, -0.15) is 0 Å². The van der Waals surface area contributed by atoms with Gasteiger partial charge in [-0.3, -0.25) is 19.8 Å². The van der Waals surface area contributed by atoms with Gasteiger partial charge in [-0.15, -0.1) is 0 Å². The van der Waals surface area contributed by atoms with E-state index >= 15 is 0 Å². The van der Waals surface area contributed by atoms with Crippen LogP contribution >= 0.6 is 35.6 Å². The number of hydrogen-bond acceptors (Lipinski definition) is 8. The maximum absolute atomic E-state index is 13.1. The fourth-order valence-corrected chi connectivity index (χ4v) is 4.84. The normalized spacial score (nSPS) is 14.3. The summed E-state index contributed by atoms with van der Waals surface area (Å²) in [5, 5.41) is 11.4. The molecule has 1 saturated heterocycles. The first-order valence-electron chi connectivity index (χ1n) is 10.5. The number of anilines is 1. The van der Waals surface area contributed by atoms with Crippen molar-refractivity contribution in [1.82, 2.24) is 0 Å². The molecule has 0 atom stereocenters. The van der Waals surface area contributed by atoms with E-state index in [1.807, 2.05) is 0 Å². The van der Waals surface area contributed by atoms with Crippen LogP contribution in [0.2, 0.25) is 5.02 Å². The predicted octanol–water partition coefficient (Wildman–Crippen LogP) is 6.27. The molecular weight excluding hydrogens is 524 g/mol. The summed E-state index contributed by atoms with van der Waals surface area (Å²) in [6, 6.07) is 17.0. The van der Waals surface area contributed by atoms with Crippen molar-refractivity contribution in [2.75, 3.05) is 11.5 Å². The quantitative estimate of drug-likeness (QED) is 0.0863. The molecule has 1 fully saturated rings. The van der Waals surface area contributed by atoms with Gasteiger partial charge in [0.15, 0.2) is 15.8 Å². The molecule has 0 bridgehead atoms. The fourth-order valence-electron chi connectivity index (χ4n) is 3.33. The number of carbonyl (C=O) groups excluding carboxylic acids is 2. The van der Waals surface area contributed by atoms with Gasteiger partial charge in [0.05, 0.1) is 32.7 Å². The zero-order valence-electron chi connectivity index (χ0n) is 18.7. The molecule has 0 aromatic heterocycles. The second kappa shape index (κ2) is 10.9. The lowest BCUT2D eigenvalue weighted by Gasteiger charge is -2.15. The predicted molar refractivity (Wildman–Crippen MR) is 143 cm³/mol. The largest absolute Gasteiger partial charge is 0.490 e. The molecule has 1 aliphatic rings. The molecule has 0 saturated carbocycles. The van der Waals surface area contributed by atoms with Crippen LogP contribution in [0.5, 0.6) is 11.5 Å². The minimum atomic E-state index is -0.770. The number of thiocarbonyl (C=S) groups is 1. The molecule has 0 N–H and O–H groups in total. The van der Waals surface area contributed by atoms with Crippen LogP contribution in [0.1, 0.15) is 22.8 Å². The minimum Gasteiger partial charge on any atom is -0.490 e. The van der Waals surface area contributed by atoms with Crippen molar-refractivity contribution in [3.8, 4) is 11.5 Å². The third-order valence-corrected chi connectivity index (χ3v) is 6.57. The number of para-hydroxylation sites is 1. The number of rotatable bonds is 7. The van der Waals surface area contributed by atoms with Crippen molar-refractivity contribution in [1.29, 1.82) is 0 Å². The third-order valence-electron chi connectivity index (χ3n) is 4.95. The highest BCUT2D eigenvalue weighted by molar-refractivity contribution is 8.27. The van der Waals surface area contributed by atoms with E-state index in [0.717, 1.165) is 17.8 Å². The van der Waals surface area contributed by atoms with Gasteiger partial charge in [-0.25, -0.2) is 4.79 Å². The van der Waals surface area contributed by atoms with Crippen molar-refractivity contribution in [3.05, 3.63) is 97.9 Å². The number of hydrogen-bond donors (Lipinski definition) is 0. The van der Waals surface area contributed by atoms with E-state index in [1.165, 1.54) is 29.2 Å². The number of thioether (sulfide) groups is 1. The van der Waals surface area contributed by atoms with Crippen molar-refractivity contribution in [2.45, 2.75) is 6.92 Å². The molecule has 1 heterocycles. The van der Waals surface area contributed by atoms with E-state index in [4.69, 9.17) is 33.3 Å². The SMILES string of the molecule is CCOc1cc(/C=C2\SC(=S)N(c3ccccc3Cl)C2=O)ccc1OC(=O)c1cccc([N+](=O)[O-])c1. The van der Waals surface area contributed by atoms with Crippen LogP contribution in [0.3, 0.4) is 0 Å². The smallest absolute Gasteiger partial charge is 0.343 e. The number of nitro benzene ring substituents is 1. The second-order valence-corrected chi connectivity index (χ2v) is 9.39. The van der Waals surface area contributed by atoms with Gasteiger partial charge in [0.25, 0.3) is 11.6 Å². The highest BCUT2D eigenvalue weighted by Crippen LogP contribution is 2.39. The minimum absolute atomic E-state index is 0.0268. The van der Waals surface area contributed by atoms with Crippen LogP contribution in [-0.4, -0.2) is 27.7 Å². The number of esters is 1. The fraction of sp³-hybridized carbons (Fsp3) is 0.0800. The summed E-state index contributed by atoms with van der Waals surface area (Å²) in [6.07, 6.45) is 1.66. The van der Waals surface area contributed by atoms with Gasteiger partial charge in [-0.1, -0.05) is 59.8 Å². The Bertz CT molecular complexity index is 1430. The molecule has 4 rings (SSSR count). The van der Waals surface area contributed by atoms with Gasteiger partial charge in [-0.05, 0) is 48.9 Å². The van der Waals surface area contributed by atoms with E-state index in [9.17, 15) is 19.7 Å². The molecule has 3 aromatic rings. The van der Waals surface area contributed by atoms with Crippen molar-refractivity contribution < 1.29 is 24.0 Å². The molecule has 8 nitrogen and oxygen atoms in total. The molecule has 0 spiro atoms. The van der Waals surface area contributed by atoms with E-state index in [-0.39, 0.29) is 28.7 Å². The Labute approximate surface area is 220 Å². The van der Waals surface area contributed by atoms with Gasteiger partial charge in [0.1, 0.15) is 0 Å². The Morgan fingerprint density at radius 3 is 2.64 bits per heavy atom. The van der Waals surface area contributed by atoms with Gasteiger partial charge < -0.3 is 9.47 Å². The summed E-state index contributed by atoms with van der Waals surface area (Å²) in [5.41, 5.74) is 0.926. The number of nitro groups is 1. The zero-order valence-corrected chi connectivity index (χ0v) is 21.1. The van der Waals surface area contributed by atoms with Crippen LogP contribution in [0.25, 0.3) is 6.08 Å². The molecule has 11 heteroatoms. The Morgan fingerprint density at radius 2 is 1.92 bits per heavy atom. The van der Waals surface area contributed by atoms with E-state index in [1.54, 1.807) is 49.4 Å². The highest BCUT2D eigenvalue weighted by Gasteiger charge is 2.34. The maximum atomic E-state index is 13.1. The number of amides is 1. The molecule has 1 amide bonds. The lowest BCUT2D eigenvalue weighted by molar-refractivity contribution is -0.384. The number of non-ortho nitro benzene ring substituents is 1. The Kier molecular flexibility index (Phi) is 7.68.